The molecule has 2 nitrogen and oxygen atoms in total. The molecule has 0 radical (unpaired) electrons. The second kappa shape index (κ2) is 1.79. The number of hydrogen-bond acceptors (Lipinski definition) is 3. The summed E-state index contributed by atoms with van der Waals surface area (Å²) >= 11 is 0. The number of hydrogen-bond donors (Lipinski definition) is 1. The molecule has 0 aliphatic carbocycles. The highest BCUT2D eigenvalue weighted by Gasteiger charge is 2.15. The predicted molar refractivity (Wildman–Crippen MR) is 30.9 cm³/mol. The van der Waals surface area contributed by atoms with Crippen LogP contribution in [0.2, 0.25) is 0 Å². The smallest absolute Gasteiger partial charge is 0.330 e. The molecule has 1 heterocycles. The predicted octanol–water partition coefficient (Wildman–Crippen LogP) is 1.31. The molecular weight excluding hydrogens is 132 g/mol. The lowest BCUT2D eigenvalue weighted by Gasteiger charge is -1.68. The average Bonchev–Trinajstić information content (AvgIpc) is 2.17. The first kappa shape index (κ1) is 5.05. The van der Waals surface area contributed by atoms with E-state index in [0.717, 1.165) is 4.24 Å². The van der Waals surface area contributed by atoms with Crippen molar-refractivity contribution in [3.8, 4) is 0 Å². The normalized spacial score (nSPS) is 16.3. The van der Waals surface area contributed by atoms with Gasteiger partial charge in [-0.25, -0.2) is 4.79 Å². The fourth-order valence-corrected chi connectivity index (χ4v) is 0.952. The van der Waals surface area contributed by atoms with E-state index in [1.165, 1.54) is 27.7 Å². The number of carboxylic acid groups (broad SMARTS) is 1. The van der Waals surface area contributed by atoms with Crippen LogP contribution < -0.4 is 0 Å². The van der Waals surface area contributed by atoms with Crippen molar-refractivity contribution in [2.24, 2.45) is 0 Å². The molecule has 0 aromatic rings. The highest BCUT2D eigenvalue weighted by molar-refractivity contribution is 8.96. The molecule has 1 aliphatic heterocycles. The molecule has 7 heavy (non-hydrogen) atoms. The van der Waals surface area contributed by atoms with E-state index < -0.39 is 5.97 Å². The summed E-state index contributed by atoms with van der Waals surface area (Å²) in [6, 6.07) is 0. The van der Waals surface area contributed by atoms with Crippen LogP contribution in [0.3, 0.4) is 0 Å². The Morgan fingerprint density at radius 1 is 1.71 bits per heavy atom. The Hall–Kier alpha value is -0.0900. The minimum atomic E-state index is -0.854. The number of carboxylic acids is 1. The van der Waals surface area contributed by atoms with E-state index in [0.29, 0.717) is 0 Å². The van der Waals surface area contributed by atoms with Crippen molar-refractivity contribution in [3.63, 3.8) is 0 Å². The second-order valence-corrected chi connectivity index (χ2v) is 3.44. The molecule has 0 unspecified atom stereocenters. The molecule has 1 aliphatic rings. The SMILES string of the molecule is O=C(O)C=C1SS1. The van der Waals surface area contributed by atoms with Crippen LogP contribution in [0.1, 0.15) is 0 Å². The molecule has 1 N–H and O–H groups in total. The summed E-state index contributed by atoms with van der Waals surface area (Å²) in [7, 11) is 2.99. The maximum Gasteiger partial charge on any atom is 0.330 e. The van der Waals surface area contributed by atoms with E-state index in [4.69, 9.17) is 5.11 Å². The lowest BCUT2D eigenvalue weighted by molar-refractivity contribution is -0.131. The third kappa shape index (κ3) is 1.89. The zero-order chi connectivity index (χ0) is 5.28. The van der Waals surface area contributed by atoms with Crippen LogP contribution >= 0.6 is 21.6 Å². The Labute approximate surface area is 48.4 Å². The molecular formula is C3H2O2S2. The van der Waals surface area contributed by atoms with E-state index >= 15 is 0 Å². The third-order valence-electron chi connectivity index (χ3n) is 0.421. The fourth-order valence-electron chi connectivity index (χ4n) is 0.173. The topological polar surface area (TPSA) is 37.3 Å². The second-order valence-electron chi connectivity index (χ2n) is 0.968. The van der Waals surface area contributed by atoms with Gasteiger partial charge in [0, 0.05) is 6.08 Å². The molecule has 0 saturated carbocycles. The molecule has 0 aromatic heterocycles. The molecule has 0 aromatic carbocycles. The van der Waals surface area contributed by atoms with Crippen molar-refractivity contribution in [1.29, 1.82) is 0 Å². The lowest BCUT2D eigenvalue weighted by Crippen LogP contribution is -1.83. The molecule has 4 heteroatoms. The highest BCUT2D eigenvalue weighted by atomic mass is 33.2. The van der Waals surface area contributed by atoms with E-state index in [1.807, 2.05) is 0 Å². The minimum absolute atomic E-state index is 0.854. The highest BCUT2D eigenvalue weighted by Crippen LogP contribution is 2.57. The van der Waals surface area contributed by atoms with Crippen molar-refractivity contribution in [3.05, 3.63) is 10.3 Å². The summed E-state index contributed by atoms with van der Waals surface area (Å²) in [6.07, 6.45) is 1.20. The standard InChI is InChI=1S/C3H2O2S2/c4-2(5)1-3-6-7-3/h1H,(H,4,5). The van der Waals surface area contributed by atoms with Gasteiger partial charge in [-0.05, 0) is 21.6 Å². The lowest BCUT2D eigenvalue weighted by atomic mass is 10.7. The molecule has 0 atom stereocenters. The van der Waals surface area contributed by atoms with Crippen molar-refractivity contribution >= 4 is 27.6 Å². The van der Waals surface area contributed by atoms with Gasteiger partial charge < -0.3 is 5.11 Å². The maximum atomic E-state index is 9.75. The molecule has 1 rings (SSSR count). The number of rotatable bonds is 1. The van der Waals surface area contributed by atoms with E-state index in [9.17, 15) is 4.79 Å². The Balaban J connectivity index is 2.45. The number of carbonyl (C=O) groups is 1. The van der Waals surface area contributed by atoms with Crippen LogP contribution in [0.15, 0.2) is 10.3 Å². The van der Waals surface area contributed by atoms with E-state index in [2.05, 4.69) is 0 Å². The van der Waals surface area contributed by atoms with Crippen LogP contribution in [0.5, 0.6) is 0 Å². The summed E-state index contributed by atoms with van der Waals surface area (Å²) in [4.78, 5) is 9.75. The molecule has 0 amide bonds. The van der Waals surface area contributed by atoms with Gasteiger partial charge in [-0.2, -0.15) is 0 Å². The van der Waals surface area contributed by atoms with E-state index in [-0.39, 0.29) is 0 Å². The van der Waals surface area contributed by atoms with Gasteiger partial charge in [0.15, 0.2) is 0 Å². The van der Waals surface area contributed by atoms with Crippen LogP contribution in [-0.4, -0.2) is 11.1 Å². The summed E-state index contributed by atoms with van der Waals surface area (Å²) in [5.41, 5.74) is 0. The Bertz CT molecular complexity index is 123. The zero-order valence-electron chi connectivity index (χ0n) is 3.25. The first-order valence-electron chi connectivity index (χ1n) is 1.58. The third-order valence-corrected chi connectivity index (χ3v) is 2.09. The molecule has 0 bridgehead atoms. The van der Waals surface area contributed by atoms with Crippen LogP contribution in [0.25, 0.3) is 0 Å². The molecule has 1 fully saturated rings. The number of aliphatic carboxylic acids is 1. The summed E-state index contributed by atoms with van der Waals surface area (Å²) in [5, 5.41) is 8.02. The summed E-state index contributed by atoms with van der Waals surface area (Å²) in [6.45, 7) is 0. The summed E-state index contributed by atoms with van der Waals surface area (Å²) in [5.74, 6) is -0.854. The molecule has 38 valence electrons. The maximum absolute atomic E-state index is 9.75. The van der Waals surface area contributed by atoms with Gasteiger partial charge in [-0.3, -0.25) is 0 Å². The van der Waals surface area contributed by atoms with Crippen molar-refractivity contribution in [2.45, 2.75) is 0 Å². The first-order valence-corrected chi connectivity index (χ1v) is 3.73. The fraction of sp³-hybridized carbons (Fsp3) is 0. The van der Waals surface area contributed by atoms with Gasteiger partial charge in [-0.15, -0.1) is 0 Å². The van der Waals surface area contributed by atoms with Gasteiger partial charge in [-0.1, -0.05) is 0 Å². The van der Waals surface area contributed by atoms with Crippen LogP contribution in [0.4, 0.5) is 0 Å². The zero-order valence-corrected chi connectivity index (χ0v) is 4.88. The van der Waals surface area contributed by atoms with Gasteiger partial charge in [0.1, 0.15) is 0 Å². The Kier molecular flexibility index (Phi) is 1.30. The van der Waals surface area contributed by atoms with Gasteiger partial charge >= 0.3 is 5.97 Å². The van der Waals surface area contributed by atoms with Crippen molar-refractivity contribution < 1.29 is 9.90 Å². The van der Waals surface area contributed by atoms with Crippen molar-refractivity contribution in [1.82, 2.24) is 0 Å². The largest absolute Gasteiger partial charge is 0.478 e. The Morgan fingerprint density at radius 3 is 2.43 bits per heavy atom. The van der Waals surface area contributed by atoms with Gasteiger partial charge in [0.25, 0.3) is 0 Å². The monoisotopic (exact) mass is 134 g/mol. The molecule has 0 spiro atoms. The van der Waals surface area contributed by atoms with Gasteiger partial charge in [0.05, 0.1) is 4.24 Å². The summed E-state index contributed by atoms with van der Waals surface area (Å²) < 4.78 is 0.896. The van der Waals surface area contributed by atoms with Crippen LogP contribution in [-0.2, 0) is 4.79 Å². The van der Waals surface area contributed by atoms with Crippen LogP contribution in [0, 0.1) is 0 Å². The average molecular weight is 134 g/mol. The van der Waals surface area contributed by atoms with Crippen molar-refractivity contribution in [2.75, 3.05) is 0 Å². The van der Waals surface area contributed by atoms with Gasteiger partial charge in [0.2, 0.25) is 0 Å². The Morgan fingerprint density at radius 2 is 2.29 bits per heavy atom. The minimum Gasteiger partial charge on any atom is -0.478 e. The quantitative estimate of drug-likeness (QED) is 0.333. The van der Waals surface area contributed by atoms with E-state index in [1.54, 1.807) is 0 Å². The molecule has 1 saturated heterocycles. The first-order chi connectivity index (χ1) is 3.29.